The second-order valence-electron chi connectivity index (χ2n) is 5.59. The van der Waals surface area contributed by atoms with E-state index in [0.29, 0.717) is 23.2 Å². The number of benzene rings is 2. The molecule has 0 spiro atoms. The van der Waals surface area contributed by atoms with Gasteiger partial charge in [0.25, 0.3) is 0 Å². The van der Waals surface area contributed by atoms with Gasteiger partial charge in [-0.1, -0.05) is 43.0 Å². The Labute approximate surface area is 142 Å². The molecule has 124 valence electrons. The normalized spacial score (nSPS) is 10.1. The molecule has 0 aromatic heterocycles. The van der Waals surface area contributed by atoms with E-state index in [4.69, 9.17) is 4.74 Å². The first kappa shape index (κ1) is 17.5. The number of hydrogen-bond acceptors (Lipinski definition) is 4. The lowest BCUT2D eigenvalue weighted by Gasteiger charge is -2.13. The van der Waals surface area contributed by atoms with E-state index < -0.39 is 5.97 Å². The Kier molecular flexibility index (Phi) is 5.90. The molecule has 2 rings (SSSR count). The molecule has 0 heterocycles. The van der Waals surface area contributed by atoms with Crippen molar-refractivity contribution in [2.24, 2.45) is 0 Å². The molecule has 0 aliphatic carbocycles. The van der Waals surface area contributed by atoms with Gasteiger partial charge in [-0.25, -0.2) is 4.79 Å². The zero-order valence-electron chi connectivity index (χ0n) is 14.0. The highest BCUT2D eigenvalue weighted by Crippen LogP contribution is 2.21. The van der Waals surface area contributed by atoms with Gasteiger partial charge in [0.05, 0.1) is 0 Å². The Bertz CT molecular complexity index is 751. The van der Waals surface area contributed by atoms with Crippen LogP contribution in [0.5, 0.6) is 0 Å². The number of ketones is 1. The van der Waals surface area contributed by atoms with Crippen molar-refractivity contribution in [1.82, 2.24) is 0 Å². The fourth-order valence-corrected chi connectivity index (χ4v) is 2.20. The van der Waals surface area contributed by atoms with Crippen molar-refractivity contribution in [3.8, 4) is 0 Å². The number of aryl methyl sites for hydroxylation is 1. The third kappa shape index (κ3) is 4.56. The summed E-state index contributed by atoms with van der Waals surface area (Å²) in [4.78, 5) is 24.0. The molecule has 4 heteroatoms. The lowest BCUT2D eigenvalue weighted by Crippen LogP contribution is -2.16. The minimum atomic E-state index is -0.415. The quantitative estimate of drug-likeness (QED) is 0.365. The second kappa shape index (κ2) is 8.11. The van der Waals surface area contributed by atoms with Crippen LogP contribution in [0, 0.1) is 6.92 Å². The summed E-state index contributed by atoms with van der Waals surface area (Å²) in [5, 5.41) is 3.17. The smallest absolute Gasteiger partial charge is 0.333 e. The molecule has 0 aliphatic heterocycles. The van der Waals surface area contributed by atoms with Crippen LogP contribution in [-0.2, 0) is 9.53 Å². The van der Waals surface area contributed by atoms with Gasteiger partial charge < -0.3 is 10.1 Å². The average Bonchev–Trinajstić information content (AvgIpc) is 2.58. The molecule has 24 heavy (non-hydrogen) atoms. The van der Waals surface area contributed by atoms with Gasteiger partial charge in [-0.2, -0.15) is 0 Å². The van der Waals surface area contributed by atoms with Crippen LogP contribution < -0.4 is 5.32 Å². The third-order valence-corrected chi connectivity index (χ3v) is 3.45. The van der Waals surface area contributed by atoms with Crippen LogP contribution in [0.15, 0.2) is 60.7 Å². The predicted molar refractivity (Wildman–Crippen MR) is 95.3 cm³/mol. The number of rotatable bonds is 7. The molecule has 1 N–H and O–H groups in total. The summed E-state index contributed by atoms with van der Waals surface area (Å²) in [5.74, 6) is -0.460. The second-order valence-corrected chi connectivity index (χ2v) is 5.59. The summed E-state index contributed by atoms with van der Waals surface area (Å²) < 4.78 is 5.05. The Morgan fingerprint density at radius 1 is 1.12 bits per heavy atom. The van der Waals surface area contributed by atoms with Crippen molar-refractivity contribution in [2.75, 3.05) is 18.5 Å². The van der Waals surface area contributed by atoms with Gasteiger partial charge in [-0.3, -0.25) is 4.79 Å². The Balaban J connectivity index is 2.09. The van der Waals surface area contributed by atoms with Crippen LogP contribution >= 0.6 is 0 Å². The highest BCUT2D eigenvalue weighted by Gasteiger charge is 2.13. The first-order valence-corrected chi connectivity index (χ1v) is 7.76. The third-order valence-electron chi connectivity index (χ3n) is 3.45. The number of ether oxygens (including phenoxy) is 1. The zero-order chi connectivity index (χ0) is 17.5. The average molecular weight is 323 g/mol. The molecule has 0 unspecified atom stereocenters. The molecule has 0 saturated heterocycles. The van der Waals surface area contributed by atoms with Crippen LogP contribution in [0.2, 0.25) is 0 Å². The maximum Gasteiger partial charge on any atom is 0.333 e. The molecule has 0 aliphatic rings. The van der Waals surface area contributed by atoms with E-state index in [1.54, 1.807) is 19.1 Å². The van der Waals surface area contributed by atoms with Gasteiger partial charge in [0.15, 0.2) is 5.78 Å². The standard InChI is InChI=1S/C20H21NO3/c1-14(2)20(23)24-12-11-21-18-13-15(3)9-10-17(18)19(22)16-7-5-4-6-8-16/h4-10,13,21H,1,11-12H2,2-3H3. The molecule has 0 atom stereocenters. The van der Waals surface area contributed by atoms with Crippen LogP contribution in [0.25, 0.3) is 0 Å². The Morgan fingerprint density at radius 3 is 2.50 bits per heavy atom. The van der Waals surface area contributed by atoms with Gasteiger partial charge in [0.2, 0.25) is 0 Å². The number of anilines is 1. The molecule has 0 radical (unpaired) electrons. The summed E-state index contributed by atoms with van der Waals surface area (Å²) in [7, 11) is 0. The van der Waals surface area contributed by atoms with Crippen molar-refractivity contribution in [2.45, 2.75) is 13.8 Å². The number of nitrogens with one attached hydrogen (secondary N) is 1. The number of hydrogen-bond donors (Lipinski definition) is 1. The monoisotopic (exact) mass is 323 g/mol. The topological polar surface area (TPSA) is 55.4 Å². The zero-order valence-corrected chi connectivity index (χ0v) is 14.0. The largest absolute Gasteiger partial charge is 0.460 e. The Morgan fingerprint density at radius 2 is 1.83 bits per heavy atom. The van der Waals surface area contributed by atoms with E-state index in [2.05, 4.69) is 11.9 Å². The van der Waals surface area contributed by atoms with Crippen molar-refractivity contribution < 1.29 is 14.3 Å². The van der Waals surface area contributed by atoms with Gasteiger partial charge in [0.1, 0.15) is 6.61 Å². The molecular formula is C20H21NO3. The summed E-state index contributed by atoms with van der Waals surface area (Å²) in [5.41, 5.74) is 3.37. The van der Waals surface area contributed by atoms with E-state index in [-0.39, 0.29) is 12.4 Å². The molecule has 2 aromatic rings. The van der Waals surface area contributed by atoms with E-state index in [0.717, 1.165) is 11.3 Å². The lowest BCUT2D eigenvalue weighted by atomic mass is 10.00. The first-order valence-electron chi connectivity index (χ1n) is 7.76. The predicted octanol–water partition coefficient (Wildman–Crippen LogP) is 3.76. The van der Waals surface area contributed by atoms with Crippen molar-refractivity contribution >= 4 is 17.4 Å². The summed E-state index contributed by atoms with van der Waals surface area (Å²) >= 11 is 0. The molecule has 0 amide bonds. The fraction of sp³-hybridized carbons (Fsp3) is 0.200. The SMILES string of the molecule is C=C(C)C(=O)OCCNc1cc(C)ccc1C(=O)c1ccccc1. The highest BCUT2D eigenvalue weighted by molar-refractivity contribution is 6.12. The van der Waals surface area contributed by atoms with Crippen LogP contribution in [0.3, 0.4) is 0 Å². The van der Waals surface area contributed by atoms with Crippen molar-refractivity contribution in [1.29, 1.82) is 0 Å². The minimum Gasteiger partial charge on any atom is -0.460 e. The Hall–Kier alpha value is -2.88. The van der Waals surface area contributed by atoms with E-state index in [1.807, 2.05) is 43.3 Å². The minimum absolute atomic E-state index is 0.0444. The van der Waals surface area contributed by atoms with Crippen molar-refractivity contribution in [3.05, 3.63) is 77.4 Å². The maximum atomic E-state index is 12.7. The van der Waals surface area contributed by atoms with Gasteiger partial charge in [-0.15, -0.1) is 0 Å². The summed E-state index contributed by atoms with van der Waals surface area (Å²) in [6, 6.07) is 14.8. The van der Waals surface area contributed by atoms with Crippen LogP contribution in [0.4, 0.5) is 5.69 Å². The van der Waals surface area contributed by atoms with E-state index >= 15 is 0 Å². The molecular weight excluding hydrogens is 302 g/mol. The lowest BCUT2D eigenvalue weighted by molar-refractivity contribution is -0.138. The van der Waals surface area contributed by atoms with Gasteiger partial charge in [0, 0.05) is 28.9 Å². The van der Waals surface area contributed by atoms with Gasteiger partial charge >= 0.3 is 5.97 Å². The van der Waals surface area contributed by atoms with E-state index in [1.165, 1.54) is 0 Å². The number of carbonyl (C=O) groups is 2. The molecule has 0 bridgehead atoms. The molecule has 0 fully saturated rings. The number of esters is 1. The summed E-state index contributed by atoms with van der Waals surface area (Å²) in [6.45, 7) is 7.72. The maximum absolute atomic E-state index is 12.7. The molecule has 2 aromatic carbocycles. The summed E-state index contributed by atoms with van der Waals surface area (Å²) in [6.07, 6.45) is 0. The van der Waals surface area contributed by atoms with Gasteiger partial charge in [-0.05, 0) is 31.5 Å². The first-order chi connectivity index (χ1) is 11.5. The highest BCUT2D eigenvalue weighted by atomic mass is 16.5. The fourth-order valence-electron chi connectivity index (χ4n) is 2.20. The van der Waals surface area contributed by atoms with Crippen LogP contribution in [-0.4, -0.2) is 24.9 Å². The number of carbonyl (C=O) groups excluding carboxylic acids is 2. The van der Waals surface area contributed by atoms with Crippen molar-refractivity contribution in [3.63, 3.8) is 0 Å². The van der Waals surface area contributed by atoms with E-state index in [9.17, 15) is 9.59 Å². The van der Waals surface area contributed by atoms with Crippen LogP contribution in [0.1, 0.15) is 28.4 Å². The molecule has 0 saturated carbocycles. The molecule has 4 nitrogen and oxygen atoms in total.